The van der Waals surface area contributed by atoms with E-state index in [1.165, 1.54) is 5.56 Å². The molecule has 1 unspecified atom stereocenters. The summed E-state index contributed by atoms with van der Waals surface area (Å²) in [7, 11) is 0. The van der Waals surface area contributed by atoms with Gasteiger partial charge in [0.05, 0.1) is 11.4 Å². The fourth-order valence-electron chi connectivity index (χ4n) is 3.77. The van der Waals surface area contributed by atoms with E-state index in [0.717, 1.165) is 40.5 Å². The molecule has 0 aliphatic carbocycles. The number of hydrazone groups is 1. The molecule has 148 valence electrons. The molecule has 0 N–H and O–H groups in total. The van der Waals surface area contributed by atoms with Crippen molar-refractivity contribution in [2.45, 2.75) is 19.4 Å². The molecule has 1 aliphatic rings. The highest BCUT2D eigenvalue weighted by Gasteiger charge is 2.32. The lowest BCUT2D eigenvalue weighted by Gasteiger charge is -2.22. The number of anilines is 1. The molecule has 0 saturated heterocycles. The van der Waals surface area contributed by atoms with E-state index in [9.17, 15) is 0 Å². The molecule has 0 bridgehead atoms. The van der Waals surface area contributed by atoms with Crippen molar-refractivity contribution in [3.05, 3.63) is 113 Å². The number of hydrogen-bond donors (Lipinski definition) is 0. The zero-order chi connectivity index (χ0) is 20.5. The van der Waals surface area contributed by atoms with E-state index in [4.69, 9.17) is 21.1 Å². The van der Waals surface area contributed by atoms with Crippen LogP contribution in [0.5, 0.6) is 0 Å². The zero-order valence-corrected chi connectivity index (χ0v) is 17.4. The van der Waals surface area contributed by atoms with Crippen LogP contribution in [0.25, 0.3) is 11.3 Å². The lowest BCUT2D eigenvalue weighted by atomic mass is 10.0. The van der Waals surface area contributed by atoms with Crippen LogP contribution >= 0.6 is 11.6 Å². The van der Waals surface area contributed by atoms with Gasteiger partial charge in [0.25, 0.3) is 0 Å². The Balaban J connectivity index is 1.51. The lowest BCUT2D eigenvalue weighted by Crippen LogP contribution is -2.17. The quantitative estimate of drug-likeness (QED) is 0.352. The normalized spacial score (nSPS) is 16.0. The number of rotatable bonds is 4. The van der Waals surface area contributed by atoms with Crippen LogP contribution in [0.3, 0.4) is 0 Å². The number of hydrogen-bond acceptors (Lipinski definition) is 3. The summed E-state index contributed by atoms with van der Waals surface area (Å²) < 4.78 is 6.30. The number of benzene rings is 3. The Morgan fingerprint density at radius 2 is 1.57 bits per heavy atom. The summed E-state index contributed by atoms with van der Waals surface area (Å²) in [5, 5.41) is 7.77. The molecule has 0 amide bonds. The monoisotopic (exact) mass is 412 g/mol. The standard InChI is InChI=1S/C26H21ClN2O/c1-18-7-13-22(14-8-18)29-24(17-23(28-29)19-5-3-2-4-6-19)26-16-15-25(30-26)20-9-11-21(27)12-10-20/h2-16,24H,17H2,1H3. The fourth-order valence-corrected chi connectivity index (χ4v) is 3.90. The Labute approximate surface area is 181 Å². The Kier molecular flexibility index (Phi) is 4.89. The first-order valence-electron chi connectivity index (χ1n) is 10.0. The predicted molar refractivity (Wildman–Crippen MR) is 123 cm³/mol. The van der Waals surface area contributed by atoms with Gasteiger partial charge < -0.3 is 4.42 Å². The van der Waals surface area contributed by atoms with Crippen LogP contribution in [-0.2, 0) is 0 Å². The highest BCUT2D eigenvalue weighted by molar-refractivity contribution is 6.30. The minimum absolute atomic E-state index is 0.00367. The van der Waals surface area contributed by atoms with Gasteiger partial charge in [0.2, 0.25) is 0 Å². The van der Waals surface area contributed by atoms with Crippen LogP contribution in [0, 0.1) is 6.92 Å². The molecular weight excluding hydrogens is 392 g/mol. The van der Waals surface area contributed by atoms with Crippen molar-refractivity contribution < 1.29 is 4.42 Å². The van der Waals surface area contributed by atoms with E-state index in [2.05, 4.69) is 54.4 Å². The molecule has 1 aromatic heterocycles. The molecule has 30 heavy (non-hydrogen) atoms. The molecule has 0 spiro atoms. The summed E-state index contributed by atoms with van der Waals surface area (Å²) in [5.74, 6) is 1.73. The summed E-state index contributed by atoms with van der Waals surface area (Å²) in [6, 6.07) is 30.6. The summed E-state index contributed by atoms with van der Waals surface area (Å²) in [4.78, 5) is 0. The van der Waals surface area contributed by atoms with E-state index in [-0.39, 0.29) is 6.04 Å². The van der Waals surface area contributed by atoms with E-state index in [1.807, 2.05) is 48.5 Å². The van der Waals surface area contributed by atoms with Crippen LogP contribution in [-0.4, -0.2) is 5.71 Å². The molecule has 4 aromatic rings. The number of nitrogens with zero attached hydrogens (tertiary/aromatic N) is 2. The highest BCUT2D eigenvalue weighted by Crippen LogP contribution is 2.38. The first-order valence-corrected chi connectivity index (χ1v) is 10.4. The second-order valence-corrected chi connectivity index (χ2v) is 7.96. The SMILES string of the molecule is Cc1ccc(N2N=C(c3ccccc3)CC2c2ccc(-c3ccc(Cl)cc3)o2)cc1. The molecule has 0 radical (unpaired) electrons. The van der Waals surface area contributed by atoms with E-state index < -0.39 is 0 Å². The third-order valence-corrected chi connectivity index (χ3v) is 5.65. The van der Waals surface area contributed by atoms with Crippen molar-refractivity contribution >= 4 is 23.0 Å². The second-order valence-electron chi connectivity index (χ2n) is 7.52. The van der Waals surface area contributed by atoms with E-state index >= 15 is 0 Å². The van der Waals surface area contributed by atoms with Gasteiger partial charge in [0.1, 0.15) is 17.6 Å². The molecule has 0 fully saturated rings. The minimum atomic E-state index is 0.00367. The molecule has 3 nitrogen and oxygen atoms in total. The topological polar surface area (TPSA) is 28.7 Å². The van der Waals surface area contributed by atoms with Crippen molar-refractivity contribution in [3.8, 4) is 11.3 Å². The number of furan rings is 1. The van der Waals surface area contributed by atoms with Crippen molar-refractivity contribution in [2.24, 2.45) is 5.10 Å². The minimum Gasteiger partial charge on any atom is -0.459 e. The summed E-state index contributed by atoms with van der Waals surface area (Å²) >= 11 is 6.03. The van der Waals surface area contributed by atoms with Gasteiger partial charge in [0.15, 0.2) is 0 Å². The molecule has 2 heterocycles. The van der Waals surface area contributed by atoms with Crippen LogP contribution in [0.4, 0.5) is 5.69 Å². The van der Waals surface area contributed by atoms with Crippen molar-refractivity contribution in [1.82, 2.24) is 0 Å². The molecular formula is C26H21ClN2O. The van der Waals surface area contributed by atoms with E-state index in [1.54, 1.807) is 0 Å². The molecule has 0 saturated carbocycles. The second kappa shape index (κ2) is 7.85. The van der Waals surface area contributed by atoms with Crippen LogP contribution in [0.15, 0.2) is 101 Å². The Morgan fingerprint density at radius 3 is 2.30 bits per heavy atom. The number of halogens is 1. The average molecular weight is 413 g/mol. The predicted octanol–water partition coefficient (Wildman–Crippen LogP) is 7.26. The van der Waals surface area contributed by atoms with Crippen molar-refractivity contribution in [1.29, 1.82) is 0 Å². The molecule has 1 aliphatic heterocycles. The van der Waals surface area contributed by atoms with Crippen LogP contribution in [0.1, 0.15) is 29.3 Å². The van der Waals surface area contributed by atoms with Crippen LogP contribution < -0.4 is 5.01 Å². The molecule has 4 heteroatoms. The molecule has 3 aromatic carbocycles. The number of aryl methyl sites for hydroxylation is 1. The largest absolute Gasteiger partial charge is 0.459 e. The Hall–Kier alpha value is -3.30. The Bertz CT molecular complexity index is 1180. The lowest BCUT2D eigenvalue weighted by molar-refractivity contribution is 0.475. The van der Waals surface area contributed by atoms with Crippen molar-refractivity contribution in [2.75, 3.05) is 5.01 Å². The first-order chi connectivity index (χ1) is 14.7. The third-order valence-electron chi connectivity index (χ3n) is 5.40. The van der Waals surface area contributed by atoms with Gasteiger partial charge in [-0.2, -0.15) is 5.10 Å². The van der Waals surface area contributed by atoms with Crippen LogP contribution in [0.2, 0.25) is 5.02 Å². The maximum Gasteiger partial charge on any atom is 0.134 e. The maximum absolute atomic E-state index is 6.30. The average Bonchev–Trinajstić information content (AvgIpc) is 3.43. The van der Waals surface area contributed by atoms with Gasteiger partial charge in [-0.15, -0.1) is 0 Å². The maximum atomic E-state index is 6.30. The zero-order valence-electron chi connectivity index (χ0n) is 16.6. The van der Waals surface area contributed by atoms with Gasteiger partial charge in [-0.3, -0.25) is 5.01 Å². The highest BCUT2D eigenvalue weighted by atomic mass is 35.5. The van der Waals surface area contributed by atoms with Gasteiger partial charge in [-0.25, -0.2) is 0 Å². The Morgan fingerprint density at radius 1 is 0.833 bits per heavy atom. The third kappa shape index (κ3) is 3.64. The summed E-state index contributed by atoms with van der Waals surface area (Å²) in [5.41, 5.74) is 5.49. The summed E-state index contributed by atoms with van der Waals surface area (Å²) in [6.07, 6.45) is 0.783. The first kappa shape index (κ1) is 18.7. The molecule has 5 rings (SSSR count). The van der Waals surface area contributed by atoms with Crippen molar-refractivity contribution in [3.63, 3.8) is 0 Å². The smallest absolute Gasteiger partial charge is 0.134 e. The van der Waals surface area contributed by atoms with E-state index in [0.29, 0.717) is 5.02 Å². The van der Waals surface area contributed by atoms with Gasteiger partial charge in [-0.1, -0.05) is 59.6 Å². The van der Waals surface area contributed by atoms with Gasteiger partial charge in [-0.05, 0) is 61.0 Å². The van der Waals surface area contributed by atoms with Gasteiger partial charge in [0, 0.05) is 17.0 Å². The molecule has 1 atom stereocenters. The van der Waals surface area contributed by atoms with Gasteiger partial charge >= 0.3 is 0 Å². The fraction of sp³-hybridized carbons (Fsp3) is 0.115. The summed E-state index contributed by atoms with van der Waals surface area (Å²) in [6.45, 7) is 2.09.